The van der Waals surface area contributed by atoms with E-state index in [1.807, 2.05) is 30.1 Å². The van der Waals surface area contributed by atoms with Crippen LogP contribution in [0.5, 0.6) is 0 Å². The van der Waals surface area contributed by atoms with Crippen LogP contribution in [-0.2, 0) is 17.6 Å². The zero-order valence-corrected chi connectivity index (χ0v) is 12.3. The van der Waals surface area contributed by atoms with Crippen LogP contribution in [0.1, 0.15) is 10.4 Å². The molecule has 20 heavy (non-hydrogen) atoms. The van der Waals surface area contributed by atoms with Crippen molar-refractivity contribution >= 4 is 22.9 Å². The normalized spacial score (nSPS) is 16.6. The Morgan fingerprint density at radius 2 is 2.20 bits per heavy atom. The smallest absolute Gasteiger partial charge is 0.245 e. The summed E-state index contributed by atoms with van der Waals surface area (Å²) in [6, 6.07) is 12.2. The number of hydrogen-bond donors (Lipinski definition) is 1. The molecule has 1 aromatic heterocycles. The van der Waals surface area contributed by atoms with Crippen LogP contribution in [0.15, 0.2) is 41.8 Å². The molecule has 1 aliphatic heterocycles. The predicted octanol–water partition coefficient (Wildman–Crippen LogP) is 2.79. The summed E-state index contributed by atoms with van der Waals surface area (Å²) in [7, 11) is 1.89. The van der Waals surface area contributed by atoms with Gasteiger partial charge in [-0.15, -0.1) is 11.3 Å². The van der Waals surface area contributed by atoms with Gasteiger partial charge in [-0.25, -0.2) is 0 Å². The fourth-order valence-electron chi connectivity index (χ4n) is 2.56. The molecule has 0 fully saturated rings. The van der Waals surface area contributed by atoms with Gasteiger partial charge < -0.3 is 10.2 Å². The molecule has 1 aliphatic rings. The maximum absolute atomic E-state index is 12.4. The summed E-state index contributed by atoms with van der Waals surface area (Å²) in [6.45, 7) is 0.772. The lowest BCUT2D eigenvalue weighted by Gasteiger charge is -2.21. The number of nitrogens with zero attached hydrogens (tertiary/aromatic N) is 1. The molecule has 0 saturated carbocycles. The van der Waals surface area contributed by atoms with Crippen molar-refractivity contribution < 1.29 is 4.79 Å². The average Bonchev–Trinajstić information content (AvgIpc) is 3.12. The van der Waals surface area contributed by atoms with E-state index < -0.39 is 0 Å². The molecule has 0 aliphatic carbocycles. The van der Waals surface area contributed by atoms with Gasteiger partial charge in [-0.3, -0.25) is 4.79 Å². The van der Waals surface area contributed by atoms with E-state index in [1.165, 1.54) is 10.4 Å². The maximum atomic E-state index is 12.4. The van der Waals surface area contributed by atoms with E-state index in [-0.39, 0.29) is 11.9 Å². The van der Waals surface area contributed by atoms with Crippen molar-refractivity contribution in [3.8, 4) is 0 Å². The number of nitrogens with one attached hydrogen (secondary N) is 1. The third kappa shape index (κ3) is 2.70. The molecule has 3 nitrogen and oxygen atoms in total. The van der Waals surface area contributed by atoms with E-state index in [0.717, 1.165) is 25.1 Å². The van der Waals surface area contributed by atoms with Gasteiger partial charge >= 0.3 is 0 Å². The fraction of sp³-hybridized carbons (Fsp3) is 0.312. The summed E-state index contributed by atoms with van der Waals surface area (Å²) >= 11 is 1.75. The number of benzene rings is 1. The average molecular weight is 286 g/mol. The third-order valence-corrected chi connectivity index (χ3v) is 4.66. The first-order valence-corrected chi connectivity index (χ1v) is 7.74. The van der Waals surface area contributed by atoms with Crippen molar-refractivity contribution in [2.45, 2.75) is 18.9 Å². The summed E-state index contributed by atoms with van der Waals surface area (Å²) < 4.78 is 0. The van der Waals surface area contributed by atoms with Crippen molar-refractivity contribution in [2.75, 3.05) is 18.9 Å². The Morgan fingerprint density at radius 3 is 2.95 bits per heavy atom. The number of para-hydroxylation sites is 1. The lowest BCUT2D eigenvalue weighted by Crippen LogP contribution is -2.40. The molecule has 1 amide bonds. The first-order valence-electron chi connectivity index (χ1n) is 6.86. The molecule has 1 unspecified atom stereocenters. The first kappa shape index (κ1) is 13.2. The monoisotopic (exact) mass is 286 g/mol. The first-order chi connectivity index (χ1) is 9.74. The van der Waals surface area contributed by atoms with Crippen LogP contribution in [0.2, 0.25) is 0 Å². The van der Waals surface area contributed by atoms with Gasteiger partial charge in [0, 0.05) is 30.6 Å². The van der Waals surface area contributed by atoms with Crippen LogP contribution >= 0.6 is 11.3 Å². The molecular weight excluding hydrogens is 268 g/mol. The van der Waals surface area contributed by atoms with Gasteiger partial charge in [-0.2, -0.15) is 0 Å². The number of amides is 1. The van der Waals surface area contributed by atoms with Gasteiger partial charge in [0.15, 0.2) is 0 Å². The Hall–Kier alpha value is -1.81. The molecule has 0 bridgehead atoms. The van der Waals surface area contributed by atoms with Crippen molar-refractivity contribution in [1.82, 2.24) is 4.90 Å². The SMILES string of the molecule is CN(CCc1cccs1)C(=O)C1Cc2ccccc2N1. The summed E-state index contributed by atoms with van der Waals surface area (Å²) in [5, 5.41) is 5.40. The molecule has 3 rings (SSSR count). The molecular formula is C16H18N2OS. The van der Waals surface area contributed by atoms with Crippen LogP contribution in [0.25, 0.3) is 0 Å². The minimum atomic E-state index is -0.110. The minimum Gasteiger partial charge on any atom is -0.373 e. The molecule has 104 valence electrons. The molecule has 1 N–H and O–H groups in total. The van der Waals surface area contributed by atoms with Gasteiger partial charge in [-0.1, -0.05) is 24.3 Å². The second-order valence-corrected chi connectivity index (χ2v) is 6.18. The van der Waals surface area contributed by atoms with E-state index >= 15 is 0 Å². The van der Waals surface area contributed by atoms with Gasteiger partial charge in [-0.05, 0) is 29.5 Å². The zero-order valence-electron chi connectivity index (χ0n) is 11.5. The lowest BCUT2D eigenvalue weighted by molar-refractivity contribution is -0.130. The van der Waals surface area contributed by atoms with Crippen molar-refractivity contribution in [3.63, 3.8) is 0 Å². The number of anilines is 1. The molecule has 2 heterocycles. The van der Waals surface area contributed by atoms with Crippen molar-refractivity contribution in [2.24, 2.45) is 0 Å². The Labute approximate surface area is 123 Å². The Morgan fingerprint density at radius 1 is 1.35 bits per heavy atom. The second-order valence-electron chi connectivity index (χ2n) is 5.15. The maximum Gasteiger partial charge on any atom is 0.245 e. The molecule has 4 heteroatoms. The van der Waals surface area contributed by atoms with E-state index in [4.69, 9.17) is 0 Å². The topological polar surface area (TPSA) is 32.3 Å². The number of carbonyl (C=O) groups excluding carboxylic acids is 1. The standard InChI is InChI=1S/C16H18N2OS/c1-18(9-8-13-6-4-10-20-13)16(19)15-11-12-5-2-3-7-14(12)17-15/h2-7,10,15,17H,8-9,11H2,1H3. The molecule has 1 atom stereocenters. The molecule has 0 spiro atoms. The van der Waals surface area contributed by atoms with Crippen molar-refractivity contribution in [1.29, 1.82) is 0 Å². The highest BCUT2D eigenvalue weighted by Gasteiger charge is 2.28. The number of rotatable bonds is 4. The third-order valence-electron chi connectivity index (χ3n) is 3.72. The molecule has 1 aromatic carbocycles. The van der Waals surface area contributed by atoms with Gasteiger partial charge in [0.25, 0.3) is 0 Å². The van der Waals surface area contributed by atoms with Gasteiger partial charge in [0.1, 0.15) is 6.04 Å². The molecule has 0 radical (unpaired) electrons. The van der Waals surface area contributed by atoms with Crippen molar-refractivity contribution in [3.05, 3.63) is 52.2 Å². The fourth-order valence-corrected chi connectivity index (χ4v) is 3.25. The number of thiophene rings is 1. The minimum absolute atomic E-state index is 0.110. The summed E-state index contributed by atoms with van der Waals surface area (Å²) in [5.41, 5.74) is 2.33. The van der Waals surface area contributed by atoms with E-state index in [1.54, 1.807) is 11.3 Å². The summed E-state index contributed by atoms with van der Waals surface area (Å²) in [5.74, 6) is 0.178. The number of hydrogen-bond acceptors (Lipinski definition) is 3. The van der Waals surface area contributed by atoms with Crippen LogP contribution in [-0.4, -0.2) is 30.4 Å². The Bertz CT molecular complexity index is 569. The van der Waals surface area contributed by atoms with Crippen LogP contribution in [0.3, 0.4) is 0 Å². The summed E-state index contributed by atoms with van der Waals surface area (Å²) in [4.78, 5) is 15.6. The van der Waals surface area contributed by atoms with Gasteiger partial charge in [0.05, 0.1) is 0 Å². The van der Waals surface area contributed by atoms with Crippen LogP contribution in [0.4, 0.5) is 5.69 Å². The van der Waals surface area contributed by atoms with E-state index in [9.17, 15) is 4.79 Å². The van der Waals surface area contributed by atoms with Crippen LogP contribution in [0, 0.1) is 0 Å². The Balaban J connectivity index is 1.57. The predicted molar refractivity (Wildman–Crippen MR) is 83.2 cm³/mol. The number of carbonyl (C=O) groups is 1. The Kier molecular flexibility index (Phi) is 3.74. The van der Waals surface area contributed by atoms with E-state index in [0.29, 0.717) is 0 Å². The molecule has 0 saturated heterocycles. The number of likely N-dealkylation sites (N-methyl/N-ethyl adjacent to an activating group) is 1. The highest BCUT2D eigenvalue weighted by molar-refractivity contribution is 7.09. The number of fused-ring (bicyclic) bond motifs is 1. The largest absolute Gasteiger partial charge is 0.373 e. The quantitative estimate of drug-likeness (QED) is 0.937. The lowest BCUT2D eigenvalue weighted by atomic mass is 10.1. The van der Waals surface area contributed by atoms with Crippen LogP contribution < -0.4 is 5.32 Å². The highest BCUT2D eigenvalue weighted by atomic mass is 32.1. The zero-order chi connectivity index (χ0) is 13.9. The highest BCUT2D eigenvalue weighted by Crippen LogP contribution is 2.25. The van der Waals surface area contributed by atoms with Gasteiger partial charge in [0.2, 0.25) is 5.91 Å². The molecule has 2 aromatic rings. The second kappa shape index (κ2) is 5.67. The van der Waals surface area contributed by atoms with E-state index in [2.05, 4.69) is 28.9 Å². The summed E-state index contributed by atoms with van der Waals surface area (Å²) in [6.07, 6.45) is 1.72.